The smallest absolute Gasteiger partial charge is 0.326 e. The van der Waals surface area contributed by atoms with E-state index in [0.717, 1.165) is 0 Å². The third-order valence-corrected chi connectivity index (χ3v) is 3.34. The molecular weight excluding hydrogens is 350 g/mol. The Balaban J connectivity index is 2.41. The van der Waals surface area contributed by atoms with Gasteiger partial charge in [0, 0.05) is 12.2 Å². The molecule has 25 heavy (non-hydrogen) atoms. The summed E-state index contributed by atoms with van der Waals surface area (Å²) in [7, 11) is 0. The zero-order chi connectivity index (χ0) is 18.8. The average Bonchev–Trinajstić information content (AvgIpc) is 2.53. The lowest BCUT2D eigenvalue weighted by molar-refractivity contribution is -0.141. The zero-order valence-electron chi connectivity index (χ0n) is 12.5. The maximum absolute atomic E-state index is 13.0. The SMILES string of the molecule is NCc1ccc(NC(=O)c2cc(C(F)(F)F)ccc2C(F)(F)F)cc1. The quantitative estimate of drug-likeness (QED) is 0.794. The standard InChI is InChI=1S/C16H12F6N2O/c17-15(18,19)10-3-6-13(16(20,21)22)12(7-10)14(25)24-11-4-1-9(8-23)2-5-11/h1-7H,8,23H2,(H,24,25). The minimum Gasteiger partial charge on any atom is -0.326 e. The summed E-state index contributed by atoms with van der Waals surface area (Å²) in [5.41, 5.74) is 2.35. The number of hydrogen-bond acceptors (Lipinski definition) is 2. The summed E-state index contributed by atoms with van der Waals surface area (Å²) >= 11 is 0. The predicted molar refractivity (Wildman–Crippen MR) is 78.7 cm³/mol. The molecule has 0 aromatic heterocycles. The first-order valence-electron chi connectivity index (χ1n) is 6.91. The van der Waals surface area contributed by atoms with Crippen molar-refractivity contribution in [2.75, 3.05) is 5.32 Å². The van der Waals surface area contributed by atoms with Gasteiger partial charge in [-0.3, -0.25) is 4.79 Å². The summed E-state index contributed by atoms with van der Waals surface area (Å²) in [5, 5.41) is 2.15. The van der Waals surface area contributed by atoms with E-state index in [9.17, 15) is 31.1 Å². The number of nitrogens with one attached hydrogen (secondary N) is 1. The number of carbonyl (C=O) groups is 1. The van der Waals surface area contributed by atoms with Crippen molar-refractivity contribution in [3.63, 3.8) is 0 Å². The first kappa shape index (κ1) is 18.8. The van der Waals surface area contributed by atoms with Crippen LogP contribution in [0.15, 0.2) is 42.5 Å². The van der Waals surface area contributed by atoms with Gasteiger partial charge in [-0.1, -0.05) is 12.1 Å². The Morgan fingerprint density at radius 2 is 1.52 bits per heavy atom. The molecule has 3 N–H and O–H groups in total. The monoisotopic (exact) mass is 362 g/mol. The van der Waals surface area contributed by atoms with Crippen LogP contribution >= 0.6 is 0 Å². The maximum atomic E-state index is 13.0. The summed E-state index contributed by atoms with van der Waals surface area (Å²) < 4.78 is 77.2. The van der Waals surface area contributed by atoms with Crippen LogP contribution in [0.3, 0.4) is 0 Å². The molecule has 0 aliphatic rings. The summed E-state index contributed by atoms with van der Waals surface area (Å²) in [5.74, 6) is -1.29. The van der Waals surface area contributed by atoms with E-state index in [-0.39, 0.29) is 30.4 Å². The van der Waals surface area contributed by atoms with Crippen molar-refractivity contribution in [2.24, 2.45) is 5.73 Å². The van der Waals surface area contributed by atoms with Crippen molar-refractivity contribution in [3.8, 4) is 0 Å². The Morgan fingerprint density at radius 1 is 0.920 bits per heavy atom. The molecule has 0 fully saturated rings. The van der Waals surface area contributed by atoms with Crippen LogP contribution in [-0.4, -0.2) is 5.91 Å². The lowest BCUT2D eigenvalue weighted by Gasteiger charge is -2.15. The number of rotatable bonds is 3. The summed E-state index contributed by atoms with van der Waals surface area (Å²) in [6, 6.07) is 6.57. The number of halogens is 6. The van der Waals surface area contributed by atoms with E-state index in [4.69, 9.17) is 5.73 Å². The van der Waals surface area contributed by atoms with Gasteiger partial charge in [-0.15, -0.1) is 0 Å². The van der Waals surface area contributed by atoms with Crippen LogP contribution in [-0.2, 0) is 18.9 Å². The van der Waals surface area contributed by atoms with Gasteiger partial charge in [0.25, 0.3) is 5.91 Å². The number of amides is 1. The topological polar surface area (TPSA) is 55.1 Å². The third-order valence-electron chi connectivity index (χ3n) is 3.34. The highest BCUT2D eigenvalue weighted by Crippen LogP contribution is 2.36. The second-order valence-corrected chi connectivity index (χ2v) is 5.11. The molecule has 0 atom stereocenters. The first-order chi connectivity index (χ1) is 11.5. The highest BCUT2D eigenvalue weighted by molar-refractivity contribution is 6.05. The van der Waals surface area contributed by atoms with Gasteiger partial charge in [-0.25, -0.2) is 0 Å². The van der Waals surface area contributed by atoms with Crippen LogP contribution in [0.1, 0.15) is 27.0 Å². The minimum absolute atomic E-state index is 0.132. The Hall–Kier alpha value is -2.55. The number of carbonyl (C=O) groups excluding carboxylic acids is 1. The van der Waals surface area contributed by atoms with Gasteiger partial charge in [0.2, 0.25) is 0 Å². The minimum atomic E-state index is -4.97. The van der Waals surface area contributed by atoms with Crippen LogP contribution in [0.5, 0.6) is 0 Å². The van der Waals surface area contributed by atoms with Gasteiger partial charge in [-0.2, -0.15) is 26.3 Å². The molecule has 0 aliphatic carbocycles. The molecule has 0 unspecified atom stereocenters. The molecule has 0 saturated carbocycles. The van der Waals surface area contributed by atoms with Crippen LogP contribution in [0, 0.1) is 0 Å². The molecule has 0 aliphatic heterocycles. The van der Waals surface area contributed by atoms with E-state index < -0.39 is 35.0 Å². The molecule has 0 saturated heterocycles. The average molecular weight is 362 g/mol. The van der Waals surface area contributed by atoms with E-state index in [0.29, 0.717) is 5.56 Å². The predicted octanol–water partition coefficient (Wildman–Crippen LogP) is 4.44. The molecule has 0 radical (unpaired) electrons. The lowest BCUT2D eigenvalue weighted by Crippen LogP contribution is -2.20. The Labute approximate surface area is 138 Å². The van der Waals surface area contributed by atoms with Crippen LogP contribution in [0.2, 0.25) is 0 Å². The van der Waals surface area contributed by atoms with Crippen molar-refractivity contribution in [2.45, 2.75) is 18.9 Å². The molecule has 2 rings (SSSR count). The number of alkyl halides is 6. The first-order valence-corrected chi connectivity index (χ1v) is 6.91. The second kappa shape index (κ2) is 6.75. The Kier molecular flexibility index (Phi) is 5.07. The van der Waals surface area contributed by atoms with Gasteiger partial charge in [0.05, 0.1) is 16.7 Å². The fourth-order valence-electron chi connectivity index (χ4n) is 2.08. The maximum Gasteiger partial charge on any atom is 0.417 e. The van der Waals surface area contributed by atoms with Crippen molar-refractivity contribution >= 4 is 11.6 Å². The largest absolute Gasteiger partial charge is 0.417 e. The fraction of sp³-hybridized carbons (Fsp3) is 0.188. The van der Waals surface area contributed by atoms with Crippen LogP contribution in [0.25, 0.3) is 0 Å². The highest BCUT2D eigenvalue weighted by Gasteiger charge is 2.38. The molecule has 0 bridgehead atoms. The number of benzene rings is 2. The molecule has 9 heteroatoms. The van der Waals surface area contributed by atoms with Crippen molar-refractivity contribution < 1.29 is 31.1 Å². The van der Waals surface area contributed by atoms with E-state index in [2.05, 4.69) is 5.32 Å². The van der Waals surface area contributed by atoms with Gasteiger partial charge >= 0.3 is 12.4 Å². The molecule has 0 spiro atoms. The second-order valence-electron chi connectivity index (χ2n) is 5.11. The van der Waals surface area contributed by atoms with Crippen molar-refractivity contribution in [1.29, 1.82) is 0 Å². The van der Waals surface area contributed by atoms with Gasteiger partial charge in [0.1, 0.15) is 0 Å². The number of hydrogen-bond donors (Lipinski definition) is 2. The van der Waals surface area contributed by atoms with Crippen LogP contribution in [0.4, 0.5) is 32.0 Å². The van der Waals surface area contributed by atoms with Crippen molar-refractivity contribution in [3.05, 3.63) is 64.7 Å². The van der Waals surface area contributed by atoms with Gasteiger partial charge < -0.3 is 11.1 Å². The lowest BCUT2D eigenvalue weighted by atomic mass is 10.0. The molecule has 1 amide bonds. The van der Waals surface area contributed by atoms with Crippen molar-refractivity contribution in [1.82, 2.24) is 0 Å². The van der Waals surface area contributed by atoms with E-state index >= 15 is 0 Å². The molecule has 2 aromatic rings. The molecular formula is C16H12F6N2O. The Bertz CT molecular complexity index is 766. The molecule has 0 heterocycles. The van der Waals surface area contributed by atoms with E-state index in [1.54, 1.807) is 0 Å². The highest BCUT2D eigenvalue weighted by atomic mass is 19.4. The normalized spacial score (nSPS) is 12.1. The Morgan fingerprint density at radius 3 is 2.00 bits per heavy atom. The molecule has 3 nitrogen and oxygen atoms in total. The molecule has 2 aromatic carbocycles. The van der Waals surface area contributed by atoms with E-state index in [1.807, 2.05) is 0 Å². The number of nitrogens with two attached hydrogens (primary N) is 1. The van der Waals surface area contributed by atoms with Crippen LogP contribution < -0.4 is 11.1 Å². The van der Waals surface area contributed by atoms with Gasteiger partial charge in [0.15, 0.2) is 0 Å². The zero-order valence-corrected chi connectivity index (χ0v) is 12.5. The van der Waals surface area contributed by atoms with E-state index in [1.165, 1.54) is 24.3 Å². The fourth-order valence-corrected chi connectivity index (χ4v) is 2.08. The summed E-state index contributed by atoms with van der Waals surface area (Å²) in [6.07, 6.45) is -9.85. The summed E-state index contributed by atoms with van der Waals surface area (Å²) in [4.78, 5) is 12.1. The summed E-state index contributed by atoms with van der Waals surface area (Å²) in [6.45, 7) is 0.222. The van der Waals surface area contributed by atoms with Gasteiger partial charge in [-0.05, 0) is 35.9 Å². The third kappa shape index (κ3) is 4.50. The molecule has 134 valence electrons. The number of anilines is 1.